The quantitative estimate of drug-likeness (QED) is 0.389. The molecule has 0 spiro atoms. The van der Waals surface area contributed by atoms with Gasteiger partial charge in [0.2, 0.25) is 6.23 Å². The molecule has 2 atom stereocenters. The number of rotatable bonds is 7. The van der Waals surface area contributed by atoms with Gasteiger partial charge < -0.3 is 9.47 Å². The van der Waals surface area contributed by atoms with Crippen molar-refractivity contribution in [2.24, 2.45) is 5.10 Å². The van der Waals surface area contributed by atoms with Crippen molar-refractivity contribution in [1.29, 1.82) is 0 Å². The van der Waals surface area contributed by atoms with Crippen LogP contribution in [-0.4, -0.2) is 17.3 Å². The van der Waals surface area contributed by atoms with Gasteiger partial charge >= 0.3 is 0 Å². The molecule has 0 N–H and O–H groups in total. The minimum Gasteiger partial charge on any atom is -0.494 e. The lowest BCUT2D eigenvalue weighted by Gasteiger charge is -2.38. The first-order chi connectivity index (χ1) is 15.7. The monoisotopic (exact) mass is 426 g/mol. The Balaban J connectivity index is 1.42. The number of nitrogens with zero attached hydrogens (tertiary/aromatic N) is 2. The maximum Gasteiger partial charge on any atom is 0.213 e. The van der Waals surface area contributed by atoms with E-state index in [-0.39, 0.29) is 12.3 Å². The van der Waals surface area contributed by atoms with E-state index >= 15 is 0 Å². The van der Waals surface area contributed by atoms with Crippen LogP contribution in [0, 0.1) is 6.92 Å². The Morgan fingerprint density at radius 1 is 0.969 bits per heavy atom. The molecule has 0 aromatic heterocycles. The van der Waals surface area contributed by atoms with Crippen LogP contribution in [0.2, 0.25) is 0 Å². The van der Waals surface area contributed by atoms with E-state index in [1.54, 1.807) is 0 Å². The van der Waals surface area contributed by atoms with Gasteiger partial charge in [-0.15, -0.1) is 0 Å². The van der Waals surface area contributed by atoms with Gasteiger partial charge in [-0.1, -0.05) is 67.8 Å². The highest BCUT2D eigenvalue weighted by Crippen LogP contribution is 2.47. The Bertz CT molecular complexity index is 1090. The molecule has 2 aliphatic rings. The minimum absolute atomic E-state index is 0.172. The van der Waals surface area contributed by atoms with E-state index in [2.05, 4.69) is 73.5 Å². The normalized spacial score (nSPS) is 19.1. The molecule has 0 saturated heterocycles. The molecule has 0 bridgehead atoms. The average Bonchev–Trinajstić information content (AvgIpc) is 3.28. The Hall–Kier alpha value is -3.27. The molecule has 0 aliphatic carbocycles. The molecule has 0 unspecified atom stereocenters. The number of unbranched alkanes of at least 4 members (excludes halogenated alkanes) is 2. The van der Waals surface area contributed by atoms with Gasteiger partial charge in [-0.05, 0) is 49.2 Å². The largest absolute Gasteiger partial charge is 0.494 e. The van der Waals surface area contributed by atoms with E-state index in [9.17, 15) is 0 Å². The van der Waals surface area contributed by atoms with Crippen LogP contribution >= 0.6 is 0 Å². The van der Waals surface area contributed by atoms with E-state index < -0.39 is 0 Å². The zero-order valence-corrected chi connectivity index (χ0v) is 18.8. The molecule has 5 rings (SSSR count). The van der Waals surface area contributed by atoms with Gasteiger partial charge in [-0.25, -0.2) is 5.01 Å². The van der Waals surface area contributed by atoms with Crippen LogP contribution in [0.5, 0.6) is 11.5 Å². The number of para-hydroxylation sites is 1. The summed E-state index contributed by atoms with van der Waals surface area (Å²) in [6, 6.07) is 25.4. The predicted molar refractivity (Wildman–Crippen MR) is 128 cm³/mol. The fourth-order valence-electron chi connectivity index (χ4n) is 4.45. The van der Waals surface area contributed by atoms with E-state index in [4.69, 9.17) is 14.6 Å². The first-order valence-corrected chi connectivity index (χ1v) is 11.6. The molecule has 0 saturated carbocycles. The third-order valence-electron chi connectivity index (χ3n) is 6.27. The van der Waals surface area contributed by atoms with Gasteiger partial charge in [0.05, 0.1) is 18.4 Å². The molecule has 164 valence electrons. The Morgan fingerprint density at radius 2 is 1.75 bits per heavy atom. The summed E-state index contributed by atoms with van der Waals surface area (Å²) in [5, 5.41) is 7.19. The van der Waals surface area contributed by atoms with Crippen molar-refractivity contribution < 1.29 is 9.47 Å². The standard InChI is InChI=1S/C28H30N2O2/c1-3-4-7-18-31-23-16-14-22(15-17-23)28-30-26(24-8-5-6-9-27(24)32-28)19-25(29-30)21-12-10-20(2)11-13-21/h5-6,8-17,26,28H,3-4,7,18-19H2,1-2H3/t26-,28-/m1/s1. The maximum atomic E-state index is 6.47. The molecule has 32 heavy (non-hydrogen) atoms. The molecule has 0 fully saturated rings. The number of benzene rings is 3. The number of hydrogen-bond donors (Lipinski definition) is 0. The van der Waals surface area contributed by atoms with Gasteiger partial charge in [0.15, 0.2) is 0 Å². The van der Waals surface area contributed by atoms with Gasteiger partial charge in [0.1, 0.15) is 11.5 Å². The lowest BCUT2D eigenvalue weighted by atomic mass is 9.95. The Labute approximate surface area is 190 Å². The summed E-state index contributed by atoms with van der Waals surface area (Å²) in [6.45, 7) is 5.08. The van der Waals surface area contributed by atoms with Gasteiger partial charge in [-0.2, -0.15) is 5.10 Å². The third-order valence-corrected chi connectivity index (χ3v) is 6.27. The van der Waals surface area contributed by atoms with E-state index in [1.165, 1.54) is 29.5 Å². The molecule has 2 heterocycles. The summed E-state index contributed by atoms with van der Waals surface area (Å²) in [6.07, 6.45) is 4.10. The highest BCUT2D eigenvalue weighted by Gasteiger charge is 2.40. The number of hydrogen-bond acceptors (Lipinski definition) is 4. The van der Waals surface area contributed by atoms with Gasteiger partial charge in [-0.3, -0.25) is 0 Å². The minimum atomic E-state index is -0.257. The smallest absolute Gasteiger partial charge is 0.213 e. The van der Waals surface area contributed by atoms with Crippen molar-refractivity contribution in [2.75, 3.05) is 6.61 Å². The van der Waals surface area contributed by atoms with Crippen LogP contribution in [-0.2, 0) is 0 Å². The van der Waals surface area contributed by atoms with Crippen molar-refractivity contribution in [1.82, 2.24) is 5.01 Å². The Morgan fingerprint density at radius 3 is 2.53 bits per heavy atom. The SMILES string of the molecule is CCCCCOc1ccc([C@H]2Oc3ccccc3[C@H]3CC(c4ccc(C)cc4)=NN32)cc1. The van der Waals surface area contributed by atoms with Crippen molar-refractivity contribution >= 4 is 5.71 Å². The second kappa shape index (κ2) is 9.07. The summed E-state index contributed by atoms with van der Waals surface area (Å²) in [5.41, 5.74) is 5.83. The number of fused-ring (bicyclic) bond motifs is 3. The molecule has 4 nitrogen and oxygen atoms in total. The molecule has 0 radical (unpaired) electrons. The zero-order valence-electron chi connectivity index (χ0n) is 18.8. The van der Waals surface area contributed by atoms with Gasteiger partial charge in [0, 0.05) is 17.5 Å². The highest BCUT2D eigenvalue weighted by atomic mass is 16.5. The second-order valence-electron chi connectivity index (χ2n) is 8.65. The predicted octanol–water partition coefficient (Wildman–Crippen LogP) is 6.81. The first kappa shape index (κ1) is 20.6. The lowest BCUT2D eigenvalue weighted by Crippen LogP contribution is -2.33. The highest BCUT2D eigenvalue weighted by molar-refractivity contribution is 6.02. The van der Waals surface area contributed by atoms with Gasteiger partial charge in [0.25, 0.3) is 0 Å². The number of hydrazone groups is 1. The fourth-order valence-corrected chi connectivity index (χ4v) is 4.45. The van der Waals surface area contributed by atoms with Crippen LogP contribution in [0.15, 0.2) is 77.9 Å². The molecular weight excluding hydrogens is 396 g/mol. The molecule has 2 aliphatic heterocycles. The second-order valence-corrected chi connectivity index (χ2v) is 8.65. The number of ether oxygens (including phenoxy) is 2. The van der Waals surface area contributed by atoms with Crippen LogP contribution in [0.25, 0.3) is 0 Å². The fraction of sp³-hybridized carbons (Fsp3) is 0.321. The van der Waals surface area contributed by atoms with Crippen molar-refractivity contribution in [3.05, 3.63) is 95.1 Å². The van der Waals surface area contributed by atoms with Crippen LogP contribution in [0.3, 0.4) is 0 Å². The van der Waals surface area contributed by atoms with Crippen LogP contribution in [0.4, 0.5) is 0 Å². The molecule has 4 heteroatoms. The van der Waals surface area contributed by atoms with E-state index in [0.717, 1.165) is 42.2 Å². The molecule has 3 aromatic rings. The van der Waals surface area contributed by atoms with Crippen molar-refractivity contribution in [3.8, 4) is 11.5 Å². The van der Waals surface area contributed by atoms with Crippen molar-refractivity contribution in [3.63, 3.8) is 0 Å². The third kappa shape index (κ3) is 4.10. The van der Waals surface area contributed by atoms with E-state index in [0.29, 0.717) is 0 Å². The summed E-state index contributed by atoms with van der Waals surface area (Å²) >= 11 is 0. The van der Waals surface area contributed by atoms with Crippen molar-refractivity contribution in [2.45, 2.75) is 51.8 Å². The molecule has 3 aromatic carbocycles. The summed E-state index contributed by atoms with van der Waals surface area (Å²) in [5.74, 6) is 1.85. The molecule has 0 amide bonds. The summed E-state index contributed by atoms with van der Waals surface area (Å²) < 4.78 is 12.4. The average molecular weight is 427 g/mol. The summed E-state index contributed by atoms with van der Waals surface area (Å²) in [4.78, 5) is 0. The Kier molecular flexibility index (Phi) is 5.85. The number of aryl methyl sites for hydroxylation is 1. The van der Waals surface area contributed by atoms with Crippen LogP contribution < -0.4 is 9.47 Å². The first-order valence-electron chi connectivity index (χ1n) is 11.6. The maximum absolute atomic E-state index is 6.47. The summed E-state index contributed by atoms with van der Waals surface area (Å²) in [7, 11) is 0. The molecular formula is C28H30N2O2. The lowest BCUT2D eigenvalue weighted by molar-refractivity contribution is -0.0190. The van der Waals surface area contributed by atoms with E-state index in [1.807, 2.05) is 18.2 Å². The topological polar surface area (TPSA) is 34.1 Å². The zero-order chi connectivity index (χ0) is 21.9. The van der Waals surface area contributed by atoms with Crippen LogP contribution in [0.1, 0.15) is 67.1 Å².